The van der Waals surface area contributed by atoms with Crippen molar-refractivity contribution in [3.63, 3.8) is 0 Å². The lowest BCUT2D eigenvalue weighted by atomic mass is 9.75. The molecule has 0 amide bonds. The molecule has 3 rings (SSSR count). The Labute approximate surface area is 113 Å². The van der Waals surface area contributed by atoms with E-state index in [9.17, 15) is 5.11 Å². The molecule has 0 radical (unpaired) electrons. The normalized spacial score (nSPS) is 21.4. The van der Waals surface area contributed by atoms with Crippen molar-refractivity contribution in [3.8, 4) is 5.69 Å². The molecule has 102 valence electrons. The number of aliphatic hydroxyl groups is 1. The van der Waals surface area contributed by atoms with Gasteiger partial charge in [0.1, 0.15) is 0 Å². The van der Waals surface area contributed by atoms with Crippen LogP contribution in [0.1, 0.15) is 43.3 Å². The Morgan fingerprint density at radius 1 is 1.42 bits per heavy atom. The fourth-order valence-corrected chi connectivity index (χ4v) is 3.18. The third kappa shape index (κ3) is 2.00. The fraction of sp³-hybridized carbons (Fsp3) is 0.533. The lowest BCUT2D eigenvalue weighted by Gasteiger charge is -2.33. The number of aromatic nitrogens is 3. The van der Waals surface area contributed by atoms with Crippen LogP contribution in [0.4, 0.5) is 0 Å². The van der Waals surface area contributed by atoms with Crippen LogP contribution in [0.25, 0.3) is 5.69 Å². The summed E-state index contributed by atoms with van der Waals surface area (Å²) < 4.78 is 4.02. The van der Waals surface area contributed by atoms with E-state index in [1.807, 2.05) is 30.9 Å². The van der Waals surface area contributed by atoms with Gasteiger partial charge in [0, 0.05) is 30.7 Å². The summed E-state index contributed by atoms with van der Waals surface area (Å²) in [7, 11) is 1.94. The standard InChI is InChI=1S/C15H21N3O/c1-10-13(9-17(4)16-10)18-6-5-11-12(18)7-15(2,3)8-14(11)19/h5-6,9,14,19H,7-8H2,1-4H3. The second-order valence-electron chi connectivity index (χ2n) is 6.42. The Bertz CT molecular complexity index is 621. The van der Waals surface area contributed by atoms with Crippen LogP contribution >= 0.6 is 0 Å². The first-order chi connectivity index (χ1) is 8.87. The van der Waals surface area contributed by atoms with Gasteiger partial charge in [0.2, 0.25) is 0 Å². The first-order valence-electron chi connectivity index (χ1n) is 6.76. The van der Waals surface area contributed by atoms with Gasteiger partial charge in [-0.1, -0.05) is 13.8 Å². The molecule has 0 bridgehead atoms. The van der Waals surface area contributed by atoms with E-state index in [1.165, 1.54) is 5.69 Å². The monoisotopic (exact) mass is 259 g/mol. The highest BCUT2D eigenvalue weighted by Gasteiger charge is 2.33. The summed E-state index contributed by atoms with van der Waals surface area (Å²) in [5.74, 6) is 0. The van der Waals surface area contributed by atoms with Crippen molar-refractivity contribution in [2.75, 3.05) is 0 Å². The zero-order valence-electron chi connectivity index (χ0n) is 12.0. The Morgan fingerprint density at radius 2 is 2.16 bits per heavy atom. The highest BCUT2D eigenvalue weighted by atomic mass is 16.3. The largest absolute Gasteiger partial charge is 0.388 e. The molecule has 0 fully saturated rings. The molecule has 4 nitrogen and oxygen atoms in total. The summed E-state index contributed by atoms with van der Waals surface area (Å²) in [6.45, 7) is 6.45. The van der Waals surface area contributed by atoms with Crippen LogP contribution in [-0.4, -0.2) is 19.5 Å². The van der Waals surface area contributed by atoms with E-state index >= 15 is 0 Å². The van der Waals surface area contributed by atoms with Crippen molar-refractivity contribution in [2.45, 2.75) is 39.7 Å². The molecule has 0 saturated heterocycles. The quantitative estimate of drug-likeness (QED) is 0.855. The Balaban J connectivity index is 2.13. The first-order valence-corrected chi connectivity index (χ1v) is 6.76. The number of fused-ring (bicyclic) bond motifs is 1. The third-order valence-corrected chi connectivity index (χ3v) is 4.03. The van der Waals surface area contributed by atoms with Crippen molar-refractivity contribution >= 4 is 0 Å². The van der Waals surface area contributed by atoms with Crippen LogP contribution in [0.2, 0.25) is 0 Å². The lowest BCUT2D eigenvalue weighted by molar-refractivity contribution is 0.0987. The Hall–Kier alpha value is -1.55. The van der Waals surface area contributed by atoms with Crippen LogP contribution in [-0.2, 0) is 13.5 Å². The van der Waals surface area contributed by atoms with Crippen molar-refractivity contribution < 1.29 is 5.11 Å². The van der Waals surface area contributed by atoms with Gasteiger partial charge in [0.05, 0.1) is 17.5 Å². The maximum atomic E-state index is 10.3. The van der Waals surface area contributed by atoms with Gasteiger partial charge in [-0.3, -0.25) is 4.68 Å². The minimum absolute atomic E-state index is 0.138. The molecule has 19 heavy (non-hydrogen) atoms. The number of hydrogen-bond donors (Lipinski definition) is 1. The van der Waals surface area contributed by atoms with Crippen molar-refractivity contribution in [1.29, 1.82) is 0 Å². The minimum atomic E-state index is -0.350. The molecule has 0 aliphatic heterocycles. The van der Waals surface area contributed by atoms with E-state index in [0.717, 1.165) is 29.8 Å². The van der Waals surface area contributed by atoms with Gasteiger partial charge in [-0.05, 0) is 31.2 Å². The number of rotatable bonds is 1. The maximum Gasteiger partial charge on any atom is 0.0865 e. The summed E-state index contributed by atoms with van der Waals surface area (Å²) in [4.78, 5) is 0. The summed E-state index contributed by atoms with van der Waals surface area (Å²) in [6, 6.07) is 2.04. The molecule has 0 spiro atoms. The molecule has 0 aromatic carbocycles. The second kappa shape index (κ2) is 3.97. The van der Waals surface area contributed by atoms with E-state index < -0.39 is 0 Å². The van der Waals surface area contributed by atoms with Gasteiger partial charge in [-0.25, -0.2) is 0 Å². The summed E-state index contributed by atoms with van der Waals surface area (Å²) >= 11 is 0. The lowest BCUT2D eigenvalue weighted by Crippen LogP contribution is -2.26. The molecular formula is C15H21N3O. The second-order valence-corrected chi connectivity index (χ2v) is 6.42. The van der Waals surface area contributed by atoms with Crippen molar-refractivity contribution in [2.24, 2.45) is 12.5 Å². The molecule has 2 aromatic heterocycles. The van der Waals surface area contributed by atoms with Gasteiger partial charge in [0.15, 0.2) is 0 Å². The van der Waals surface area contributed by atoms with E-state index in [0.29, 0.717) is 0 Å². The molecule has 1 aliphatic rings. The molecule has 2 aromatic rings. The number of aryl methyl sites for hydroxylation is 2. The van der Waals surface area contributed by atoms with Crippen LogP contribution < -0.4 is 0 Å². The smallest absolute Gasteiger partial charge is 0.0865 e. The first kappa shape index (κ1) is 12.5. The molecule has 1 unspecified atom stereocenters. The Kier molecular flexibility index (Phi) is 2.61. The zero-order chi connectivity index (χ0) is 13.8. The SMILES string of the molecule is Cc1nn(C)cc1-n1ccc2c1CC(C)(C)CC2O. The molecule has 0 saturated carbocycles. The molecule has 1 atom stereocenters. The molecule has 4 heteroatoms. The number of aliphatic hydroxyl groups excluding tert-OH is 1. The predicted molar refractivity (Wildman–Crippen MR) is 74.3 cm³/mol. The van der Waals surface area contributed by atoms with Crippen molar-refractivity contribution in [3.05, 3.63) is 35.4 Å². The van der Waals surface area contributed by atoms with Crippen molar-refractivity contribution in [1.82, 2.24) is 14.3 Å². The van der Waals surface area contributed by atoms with Gasteiger partial charge in [-0.2, -0.15) is 5.10 Å². The fourth-order valence-electron chi connectivity index (χ4n) is 3.18. The van der Waals surface area contributed by atoms with E-state index in [2.05, 4.69) is 29.7 Å². The highest BCUT2D eigenvalue weighted by Crippen LogP contribution is 2.41. The number of hydrogen-bond acceptors (Lipinski definition) is 2. The van der Waals surface area contributed by atoms with Gasteiger partial charge < -0.3 is 9.67 Å². The molecular weight excluding hydrogens is 238 g/mol. The Morgan fingerprint density at radius 3 is 2.79 bits per heavy atom. The summed E-state index contributed by atoms with van der Waals surface area (Å²) in [5, 5.41) is 14.7. The predicted octanol–water partition coefficient (Wildman–Crippen LogP) is 2.53. The molecule has 2 heterocycles. The van der Waals surface area contributed by atoms with E-state index in [-0.39, 0.29) is 11.5 Å². The van der Waals surface area contributed by atoms with Gasteiger partial charge >= 0.3 is 0 Å². The van der Waals surface area contributed by atoms with Gasteiger partial charge in [0.25, 0.3) is 0 Å². The summed E-state index contributed by atoms with van der Waals surface area (Å²) in [5.41, 5.74) is 4.55. The maximum absolute atomic E-state index is 10.3. The highest BCUT2D eigenvalue weighted by molar-refractivity contribution is 5.42. The van der Waals surface area contributed by atoms with Crippen LogP contribution in [0.3, 0.4) is 0 Å². The third-order valence-electron chi connectivity index (χ3n) is 4.03. The van der Waals surface area contributed by atoms with E-state index in [1.54, 1.807) is 0 Å². The van der Waals surface area contributed by atoms with Crippen LogP contribution in [0, 0.1) is 12.3 Å². The van der Waals surface area contributed by atoms with Crippen LogP contribution in [0.5, 0.6) is 0 Å². The molecule has 1 aliphatic carbocycles. The van der Waals surface area contributed by atoms with Gasteiger partial charge in [-0.15, -0.1) is 0 Å². The average molecular weight is 259 g/mol. The summed E-state index contributed by atoms with van der Waals surface area (Å²) in [6.07, 6.45) is 5.55. The number of nitrogens with zero attached hydrogens (tertiary/aromatic N) is 3. The van der Waals surface area contributed by atoms with E-state index in [4.69, 9.17) is 0 Å². The minimum Gasteiger partial charge on any atom is -0.388 e. The zero-order valence-corrected chi connectivity index (χ0v) is 12.0. The van der Waals surface area contributed by atoms with Crippen LogP contribution in [0.15, 0.2) is 18.5 Å². The average Bonchev–Trinajstić information content (AvgIpc) is 2.80. The molecule has 1 N–H and O–H groups in total. The topological polar surface area (TPSA) is 43.0 Å².